The number of carbonyl (C=O) groups excluding carboxylic acids is 1. The number of carbonyl (C=O) groups is 1. The van der Waals surface area contributed by atoms with Crippen LogP contribution < -0.4 is 5.32 Å². The van der Waals surface area contributed by atoms with Crippen molar-refractivity contribution in [3.8, 4) is 0 Å². The Balaban J connectivity index is 4.43. The number of aliphatic hydroxyl groups excluding tert-OH is 1. The maximum atomic E-state index is 12.8. The third-order valence-corrected chi connectivity index (χ3v) is 10.2. The summed E-state index contributed by atoms with van der Waals surface area (Å²) in [6.07, 6.45) is 47.2. The fraction of sp³-hybridized carbons (Fsp3) is 0.756. The third-order valence-electron chi connectivity index (χ3n) is 9.21. The normalized spacial score (nSPS) is 15.0. The average Bonchev–Trinajstić information content (AvgIpc) is 3.12. The topological polar surface area (TPSA) is 105 Å². The standard InChI is InChI=1S/C45H83N2O6P/c1-6-8-10-12-14-16-18-19-20-21-22-23-24-25-26-27-29-31-33-35-37-39-45(49)46-43(42-53-54(50,51)52-41-40-47(3,4)5)44(48)38-36-34-32-30-28-17-15-13-11-9-7-2/h18-19,21-22,24-25,28,30,36,38,43-44,48H,6-17,20,23,26-27,29,31-35,37,39-42H2,1-5H3,(H-,46,49,50,51)/p+1/b19-18-,22-21-,25-24-,30-28+,38-36+. The molecular weight excluding hydrogens is 695 g/mol. The number of allylic oxidation sites excluding steroid dienone is 9. The van der Waals surface area contributed by atoms with E-state index in [1.165, 1.54) is 83.5 Å². The summed E-state index contributed by atoms with van der Waals surface area (Å²) in [5.41, 5.74) is 0. The number of quaternary nitrogens is 1. The Morgan fingerprint density at radius 1 is 0.630 bits per heavy atom. The zero-order chi connectivity index (χ0) is 40.0. The maximum absolute atomic E-state index is 12.8. The molecule has 314 valence electrons. The van der Waals surface area contributed by atoms with Crippen molar-refractivity contribution in [1.29, 1.82) is 0 Å². The molecule has 3 atom stereocenters. The lowest BCUT2D eigenvalue weighted by Gasteiger charge is -2.25. The van der Waals surface area contributed by atoms with Crippen molar-refractivity contribution in [2.75, 3.05) is 40.9 Å². The van der Waals surface area contributed by atoms with Crippen LogP contribution in [0.1, 0.15) is 168 Å². The first kappa shape index (κ1) is 52.2. The zero-order valence-corrected chi connectivity index (χ0v) is 36.3. The van der Waals surface area contributed by atoms with Gasteiger partial charge in [-0.05, 0) is 70.6 Å². The predicted molar refractivity (Wildman–Crippen MR) is 230 cm³/mol. The lowest BCUT2D eigenvalue weighted by atomic mass is 10.1. The molecule has 3 N–H and O–H groups in total. The van der Waals surface area contributed by atoms with E-state index >= 15 is 0 Å². The van der Waals surface area contributed by atoms with Gasteiger partial charge in [-0.1, -0.05) is 152 Å². The van der Waals surface area contributed by atoms with E-state index in [9.17, 15) is 19.4 Å². The molecule has 54 heavy (non-hydrogen) atoms. The lowest BCUT2D eigenvalue weighted by Crippen LogP contribution is -2.45. The molecule has 1 amide bonds. The minimum Gasteiger partial charge on any atom is -0.387 e. The second-order valence-corrected chi connectivity index (χ2v) is 17.2. The monoisotopic (exact) mass is 780 g/mol. The molecule has 0 saturated heterocycles. The van der Waals surface area contributed by atoms with Gasteiger partial charge in [-0.25, -0.2) is 4.57 Å². The number of amides is 1. The van der Waals surface area contributed by atoms with Crippen LogP contribution in [0.5, 0.6) is 0 Å². The molecule has 0 rings (SSSR count). The second-order valence-electron chi connectivity index (χ2n) is 15.7. The molecule has 0 aliphatic heterocycles. The van der Waals surface area contributed by atoms with Crippen molar-refractivity contribution in [3.05, 3.63) is 60.8 Å². The van der Waals surface area contributed by atoms with Gasteiger partial charge in [0.2, 0.25) is 5.91 Å². The van der Waals surface area contributed by atoms with E-state index in [-0.39, 0.29) is 19.1 Å². The van der Waals surface area contributed by atoms with Gasteiger partial charge in [-0.15, -0.1) is 0 Å². The SMILES string of the molecule is CCCCCCC/C=C\C/C=C\C/C=C\CCCCCCCCC(=O)NC(COP(=O)(O)OCC[N+](C)(C)C)C(O)/C=C/CC/C=C/CCCCCCC. The number of nitrogens with one attached hydrogen (secondary N) is 1. The number of phosphoric ester groups is 1. The third kappa shape index (κ3) is 38.5. The van der Waals surface area contributed by atoms with E-state index < -0.39 is 20.0 Å². The summed E-state index contributed by atoms with van der Waals surface area (Å²) in [7, 11) is 1.53. The summed E-state index contributed by atoms with van der Waals surface area (Å²) in [5.74, 6) is -0.204. The van der Waals surface area contributed by atoms with Crippen molar-refractivity contribution in [1.82, 2.24) is 5.32 Å². The summed E-state index contributed by atoms with van der Waals surface area (Å²) in [6, 6.07) is -0.870. The van der Waals surface area contributed by atoms with Crippen LogP contribution in [-0.2, 0) is 18.4 Å². The number of aliphatic hydroxyl groups is 1. The molecule has 0 heterocycles. The van der Waals surface area contributed by atoms with Crippen LogP contribution in [0.2, 0.25) is 0 Å². The Bertz CT molecular complexity index is 1060. The largest absolute Gasteiger partial charge is 0.472 e. The Morgan fingerprint density at radius 2 is 1.07 bits per heavy atom. The molecule has 0 spiro atoms. The maximum Gasteiger partial charge on any atom is 0.472 e. The van der Waals surface area contributed by atoms with Gasteiger partial charge in [0.05, 0.1) is 39.9 Å². The molecule has 0 radical (unpaired) electrons. The Labute approximate surface area is 332 Å². The van der Waals surface area contributed by atoms with Crippen molar-refractivity contribution < 1.29 is 32.9 Å². The number of hydrogen-bond donors (Lipinski definition) is 3. The highest BCUT2D eigenvalue weighted by molar-refractivity contribution is 7.47. The molecule has 0 aromatic heterocycles. The first-order chi connectivity index (χ1) is 26.0. The van der Waals surface area contributed by atoms with Gasteiger partial charge in [0.25, 0.3) is 0 Å². The van der Waals surface area contributed by atoms with Crippen molar-refractivity contribution in [3.63, 3.8) is 0 Å². The van der Waals surface area contributed by atoms with Gasteiger partial charge in [0.15, 0.2) is 0 Å². The average molecular weight is 780 g/mol. The van der Waals surface area contributed by atoms with Crippen molar-refractivity contribution >= 4 is 13.7 Å². The van der Waals surface area contributed by atoms with Gasteiger partial charge in [0.1, 0.15) is 13.2 Å². The minimum atomic E-state index is -4.35. The highest BCUT2D eigenvalue weighted by Gasteiger charge is 2.27. The summed E-state index contributed by atoms with van der Waals surface area (Å²) < 4.78 is 23.5. The molecule has 0 aliphatic carbocycles. The van der Waals surface area contributed by atoms with E-state index in [2.05, 4.69) is 67.8 Å². The van der Waals surface area contributed by atoms with Crippen LogP contribution in [-0.4, -0.2) is 73.4 Å². The van der Waals surface area contributed by atoms with Crippen LogP contribution in [0.4, 0.5) is 0 Å². The molecule has 0 aromatic carbocycles. The van der Waals surface area contributed by atoms with Crippen LogP contribution in [0.25, 0.3) is 0 Å². The van der Waals surface area contributed by atoms with Gasteiger partial charge in [0, 0.05) is 6.42 Å². The smallest absolute Gasteiger partial charge is 0.387 e. The summed E-state index contributed by atoms with van der Waals surface area (Å²) in [5, 5.41) is 13.7. The van der Waals surface area contributed by atoms with Crippen LogP contribution in [0.3, 0.4) is 0 Å². The van der Waals surface area contributed by atoms with E-state index in [4.69, 9.17) is 9.05 Å². The van der Waals surface area contributed by atoms with Crippen molar-refractivity contribution in [2.45, 2.75) is 180 Å². The number of hydrogen-bond acceptors (Lipinski definition) is 5. The second kappa shape index (κ2) is 36.8. The number of phosphoric acid groups is 1. The van der Waals surface area contributed by atoms with Crippen molar-refractivity contribution in [2.24, 2.45) is 0 Å². The molecule has 8 nitrogen and oxygen atoms in total. The molecule has 0 aliphatic rings. The molecule has 0 aromatic rings. The first-order valence-electron chi connectivity index (χ1n) is 21.7. The van der Waals surface area contributed by atoms with E-state index in [1.54, 1.807) is 6.08 Å². The van der Waals surface area contributed by atoms with Gasteiger partial charge in [-0.2, -0.15) is 0 Å². The highest BCUT2D eigenvalue weighted by Crippen LogP contribution is 2.43. The lowest BCUT2D eigenvalue weighted by molar-refractivity contribution is -0.870. The van der Waals surface area contributed by atoms with Crippen LogP contribution >= 0.6 is 7.82 Å². The van der Waals surface area contributed by atoms with Gasteiger partial charge in [-0.3, -0.25) is 13.8 Å². The summed E-state index contributed by atoms with van der Waals surface area (Å²) in [4.78, 5) is 23.1. The fourth-order valence-electron chi connectivity index (χ4n) is 5.71. The van der Waals surface area contributed by atoms with Gasteiger partial charge >= 0.3 is 7.82 Å². The number of rotatable bonds is 38. The molecule has 0 saturated carbocycles. The fourth-order valence-corrected chi connectivity index (χ4v) is 6.44. The first-order valence-corrected chi connectivity index (χ1v) is 23.2. The predicted octanol–water partition coefficient (Wildman–Crippen LogP) is 11.9. The molecule has 9 heteroatoms. The zero-order valence-electron chi connectivity index (χ0n) is 35.4. The number of unbranched alkanes of at least 4 members (excludes halogenated alkanes) is 17. The summed E-state index contributed by atoms with van der Waals surface area (Å²) >= 11 is 0. The van der Waals surface area contributed by atoms with Gasteiger partial charge < -0.3 is 19.8 Å². The summed E-state index contributed by atoms with van der Waals surface area (Å²) in [6.45, 7) is 4.72. The molecular formula is C45H84N2O6P+. The minimum absolute atomic E-state index is 0.0506. The Hall–Kier alpha value is -1.80. The highest BCUT2D eigenvalue weighted by atomic mass is 31.2. The number of likely N-dealkylation sites (N-methyl/N-ethyl adjacent to an activating group) is 1. The molecule has 3 unspecified atom stereocenters. The Morgan fingerprint density at radius 3 is 1.61 bits per heavy atom. The molecule has 0 fully saturated rings. The molecule has 0 bridgehead atoms. The number of nitrogens with zero attached hydrogens (tertiary/aromatic N) is 1. The quantitative estimate of drug-likeness (QED) is 0.0249. The van der Waals surface area contributed by atoms with E-state index in [1.807, 2.05) is 27.2 Å². The van der Waals surface area contributed by atoms with Crippen LogP contribution in [0, 0.1) is 0 Å². The van der Waals surface area contributed by atoms with E-state index in [0.717, 1.165) is 64.2 Å². The Kier molecular flexibility index (Phi) is 35.6. The van der Waals surface area contributed by atoms with E-state index in [0.29, 0.717) is 17.4 Å². The van der Waals surface area contributed by atoms with Crippen LogP contribution in [0.15, 0.2) is 60.8 Å².